The summed E-state index contributed by atoms with van der Waals surface area (Å²) in [4.78, 5) is 0. The summed E-state index contributed by atoms with van der Waals surface area (Å²) in [5.41, 5.74) is 1.74. The van der Waals surface area contributed by atoms with E-state index in [9.17, 15) is 9.50 Å². The first-order chi connectivity index (χ1) is 10.1. The van der Waals surface area contributed by atoms with E-state index in [0.29, 0.717) is 16.9 Å². The first-order valence-electron chi connectivity index (χ1n) is 6.59. The topological polar surface area (TPSA) is 53.2 Å². The average Bonchev–Trinajstić information content (AvgIpc) is 2.55. The third-order valence-corrected chi connectivity index (χ3v) is 3.31. The molecule has 0 aliphatic rings. The van der Waals surface area contributed by atoms with Crippen LogP contribution in [0.15, 0.2) is 48.5 Å². The number of ether oxygens (including phenoxy) is 1. The van der Waals surface area contributed by atoms with E-state index in [2.05, 4.69) is 0 Å². The van der Waals surface area contributed by atoms with Crippen molar-refractivity contribution in [3.63, 3.8) is 0 Å². The van der Waals surface area contributed by atoms with E-state index in [1.165, 1.54) is 0 Å². The predicted octanol–water partition coefficient (Wildman–Crippen LogP) is 3.18. The maximum atomic E-state index is 14.2. The van der Waals surface area contributed by atoms with Crippen LogP contribution in [0.5, 0.6) is 5.75 Å². The van der Waals surface area contributed by atoms with Crippen LogP contribution in [0.25, 0.3) is 0 Å². The molecule has 0 saturated heterocycles. The van der Waals surface area contributed by atoms with Gasteiger partial charge in [-0.3, -0.25) is 0 Å². The van der Waals surface area contributed by atoms with Crippen molar-refractivity contribution in [2.75, 3.05) is 7.11 Å². The molecular formula is C17H16FNO2. The Morgan fingerprint density at radius 1 is 1.14 bits per heavy atom. The van der Waals surface area contributed by atoms with Crippen molar-refractivity contribution < 1.29 is 14.2 Å². The quantitative estimate of drug-likeness (QED) is 0.918. The molecule has 0 amide bonds. The van der Waals surface area contributed by atoms with Gasteiger partial charge in [-0.15, -0.1) is 0 Å². The molecule has 0 fully saturated rings. The van der Waals surface area contributed by atoms with Gasteiger partial charge in [0.1, 0.15) is 18.0 Å². The van der Waals surface area contributed by atoms with Crippen LogP contribution in [-0.4, -0.2) is 18.4 Å². The molecule has 0 saturated carbocycles. The largest absolute Gasteiger partial charge is 0.497 e. The summed E-state index contributed by atoms with van der Waals surface area (Å²) in [5.74, 6) is 0.710. The highest BCUT2D eigenvalue weighted by molar-refractivity contribution is 5.33. The van der Waals surface area contributed by atoms with Gasteiger partial charge >= 0.3 is 0 Å². The van der Waals surface area contributed by atoms with Gasteiger partial charge < -0.3 is 9.84 Å². The lowest BCUT2D eigenvalue weighted by molar-refractivity contribution is 0.0777. The van der Waals surface area contributed by atoms with E-state index in [1.807, 2.05) is 6.07 Å². The van der Waals surface area contributed by atoms with Gasteiger partial charge in [0.25, 0.3) is 0 Å². The molecular weight excluding hydrogens is 269 g/mol. The van der Waals surface area contributed by atoms with E-state index < -0.39 is 12.3 Å². The lowest BCUT2D eigenvalue weighted by Gasteiger charge is -2.16. The number of rotatable bonds is 5. The van der Waals surface area contributed by atoms with E-state index in [4.69, 9.17) is 10.00 Å². The molecule has 0 aliphatic carbocycles. The Balaban J connectivity index is 2.03. The van der Waals surface area contributed by atoms with Crippen molar-refractivity contribution in [1.29, 1.82) is 5.26 Å². The molecule has 2 aromatic rings. The van der Waals surface area contributed by atoms with E-state index in [0.717, 1.165) is 5.56 Å². The minimum absolute atomic E-state index is 0.116. The lowest BCUT2D eigenvalue weighted by atomic mass is 9.99. The number of hydrogen-bond acceptors (Lipinski definition) is 3. The Morgan fingerprint density at radius 3 is 2.29 bits per heavy atom. The highest BCUT2D eigenvalue weighted by atomic mass is 19.1. The minimum atomic E-state index is -1.41. The number of halogens is 1. The molecule has 0 heterocycles. The number of benzene rings is 2. The molecule has 0 spiro atoms. The summed E-state index contributed by atoms with van der Waals surface area (Å²) in [7, 11) is 1.57. The fourth-order valence-electron chi connectivity index (χ4n) is 2.06. The van der Waals surface area contributed by atoms with E-state index in [-0.39, 0.29) is 6.42 Å². The second kappa shape index (κ2) is 6.87. The SMILES string of the molecule is COc1ccc(C[C@H](F)[C@@H](O)c2ccc(C#N)cc2)cc1. The van der Waals surface area contributed by atoms with Gasteiger partial charge in [-0.25, -0.2) is 4.39 Å². The smallest absolute Gasteiger partial charge is 0.134 e. The van der Waals surface area contributed by atoms with Crippen LogP contribution in [0.2, 0.25) is 0 Å². The van der Waals surface area contributed by atoms with Crippen LogP contribution >= 0.6 is 0 Å². The minimum Gasteiger partial charge on any atom is -0.497 e. The second-order valence-corrected chi connectivity index (χ2v) is 4.75. The number of methoxy groups -OCH3 is 1. The van der Waals surface area contributed by atoms with Gasteiger partial charge in [-0.1, -0.05) is 24.3 Å². The Morgan fingerprint density at radius 2 is 1.76 bits per heavy atom. The number of nitrogens with zero attached hydrogens (tertiary/aromatic N) is 1. The molecule has 2 rings (SSSR count). The first-order valence-corrected chi connectivity index (χ1v) is 6.59. The van der Waals surface area contributed by atoms with Crippen molar-refractivity contribution in [3.8, 4) is 11.8 Å². The molecule has 21 heavy (non-hydrogen) atoms. The summed E-state index contributed by atoms with van der Waals surface area (Å²) >= 11 is 0. The van der Waals surface area contributed by atoms with Gasteiger partial charge in [0.2, 0.25) is 0 Å². The van der Waals surface area contributed by atoms with Crippen LogP contribution in [0.1, 0.15) is 22.8 Å². The number of aliphatic hydroxyl groups excluding tert-OH is 1. The molecule has 4 heteroatoms. The van der Waals surface area contributed by atoms with E-state index >= 15 is 0 Å². The Hall–Kier alpha value is -2.38. The molecule has 3 nitrogen and oxygen atoms in total. The fraction of sp³-hybridized carbons (Fsp3) is 0.235. The summed E-state index contributed by atoms with van der Waals surface area (Å²) in [5, 5.41) is 18.7. The Kier molecular flexibility index (Phi) is 4.91. The van der Waals surface area contributed by atoms with Gasteiger partial charge in [0.15, 0.2) is 0 Å². The van der Waals surface area contributed by atoms with Crippen LogP contribution in [0.4, 0.5) is 4.39 Å². The predicted molar refractivity (Wildman–Crippen MR) is 77.7 cm³/mol. The zero-order chi connectivity index (χ0) is 15.2. The zero-order valence-electron chi connectivity index (χ0n) is 11.7. The van der Waals surface area contributed by atoms with Crippen LogP contribution < -0.4 is 4.74 Å². The van der Waals surface area contributed by atoms with Gasteiger partial charge in [0.05, 0.1) is 18.7 Å². The summed E-state index contributed by atoms with van der Waals surface area (Å²) in [6.45, 7) is 0. The van der Waals surface area contributed by atoms with Crippen LogP contribution in [0.3, 0.4) is 0 Å². The second-order valence-electron chi connectivity index (χ2n) is 4.75. The third-order valence-electron chi connectivity index (χ3n) is 3.31. The fourth-order valence-corrected chi connectivity index (χ4v) is 2.06. The molecule has 1 N–H and O–H groups in total. The molecule has 0 bridgehead atoms. The summed E-state index contributed by atoms with van der Waals surface area (Å²) < 4.78 is 19.2. The third kappa shape index (κ3) is 3.80. The van der Waals surface area contributed by atoms with Gasteiger partial charge in [-0.2, -0.15) is 5.26 Å². The Bertz CT molecular complexity index is 617. The lowest BCUT2D eigenvalue weighted by Crippen LogP contribution is -2.16. The number of alkyl halides is 1. The van der Waals surface area contributed by atoms with Crippen molar-refractivity contribution in [2.45, 2.75) is 18.7 Å². The first kappa shape index (κ1) is 15.0. The molecule has 108 valence electrons. The Labute approximate surface area is 123 Å². The van der Waals surface area contributed by atoms with Crippen LogP contribution in [0, 0.1) is 11.3 Å². The molecule has 0 unspecified atom stereocenters. The van der Waals surface area contributed by atoms with Gasteiger partial charge in [0, 0.05) is 6.42 Å². The maximum absolute atomic E-state index is 14.2. The van der Waals surface area contributed by atoms with Crippen molar-refractivity contribution in [2.24, 2.45) is 0 Å². The average molecular weight is 285 g/mol. The zero-order valence-corrected chi connectivity index (χ0v) is 11.7. The number of aliphatic hydroxyl groups is 1. The summed E-state index contributed by atoms with van der Waals surface area (Å²) in [6.07, 6.45) is -2.50. The standard InChI is InChI=1S/C17H16FNO2/c1-21-15-8-4-12(5-9-15)10-16(18)17(20)14-6-2-13(11-19)3-7-14/h2-9,16-17,20H,10H2,1H3/t16-,17-/m0/s1. The molecule has 2 atom stereocenters. The van der Waals surface area contributed by atoms with Gasteiger partial charge in [-0.05, 0) is 35.4 Å². The van der Waals surface area contributed by atoms with E-state index in [1.54, 1.807) is 55.6 Å². The maximum Gasteiger partial charge on any atom is 0.134 e. The normalized spacial score (nSPS) is 13.2. The monoisotopic (exact) mass is 285 g/mol. The van der Waals surface area contributed by atoms with Crippen molar-refractivity contribution in [3.05, 3.63) is 65.2 Å². The van der Waals surface area contributed by atoms with Crippen LogP contribution in [-0.2, 0) is 6.42 Å². The van der Waals surface area contributed by atoms with Crippen molar-refractivity contribution >= 4 is 0 Å². The highest BCUT2D eigenvalue weighted by Crippen LogP contribution is 2.23. The molecule has 0 radical (unpaired) electrons. The van der Waals surface area contributed by atoms with Crippen molar-refractivity contribution in [1.82, 2.24) is 0 Å². The number of nitriles is 1. The highest BCUT2D eigenvalue weighted by Gasteiger charge is 2.20. The summed E-state index contributed by atoms with van der Waals surface area (Å²) in [6, 6.07) is 15.3. The molecule has 0 aromatic heterocycles. The molecule has 0 aliphatic heterocycles. The number of hydrogen-bond donors (Lipinski definition) is 1. The molecule has 2 aromatic carbocycles.